The number of fused-ring (bicyclic) bond motifs is 3. The van der Waals surface area contributed by atoms with Crippen LogP contribution in [0.15, 0.2) is 46.3 Å². The van der Waals surface area contributed by atoms with Gasteiger partial charge in [-0.3, -0.25) is 4.98 Å². The molecule has 2 heterocycles. The molecule has 0 aliphatic carbocycles. The minimum Gasteiger partial charge on any atom is -0.256 e. The number of allylic oxidation sites excluding steroid dienone is 1. The molecule has 0 radical (unpaired) electrons. The summed E-state index contributed by atoms with van der Waals surface area (Å²) in [4.78, 5) is 4.40. The summed E-state index contributed by atoms with van der Waals surface area (Å²) < 4.78 is 4.40. The van der Waals surface area contributed by atoms with Crippen LogP contribution in [-0.4, -0.2) is 4.98 Å². The average Bonchev–Trinajstić information content (AvgIpc) is 2.54. The Morgan fingerprint density at radius 2 is 2.13 bits per heavy atom. The predicted octanol–water partition coefficient (Wildman–Crippen LogP) is 1.81. The molecule has 72 valence electrons. The van der Waals surface area contributed by atoms with Crippen LogP contribution in [0.4, 0.5) is 0 Å². The van der Waals surface area contributed by atoms with Gasteiger partial charge in [0.2, 0.25) is 0 Å². The van der Waals surface area contributed by atoms with Crippen LogP contribution in [0.25, 0.3) is 17.0 Å². The van der Waals surface area contributed by atoms with Crippen molar-refractivity contribution in [2.75, 3.05) is 0 Å². The molecule has 0 unspecified atom stereocenters. The van der Waals surface area contributed by atoms with Crippen LogP contribution in [0.1, 0.15) is 0 Å². The summed E-state index contributed by atoms with van der Waals surface area (Å²) >= 11 is 1.45. The molecule has 0 amide bonds. The molecule has 1 aromatic heterocycles. The molecular formula is C12H8N2S. The van der Waals surface area contributed by atoms with Crippen molar-refractivity contribution in [1.82, 2.24) is 4.98 Å². The highest BCUT2D eigenvalue weighted by Crippen LogP contribution is 2.07. The third kappa shape index (κ3) is 1.45. The molecule has 0 N–H and O–H groups in total. The zero-order valence-electron chi connectivity index (χ0n) is 7.92. The fourth-order valence-electron chi connectivity index (χ4n) is 1.66. The van der Waals surface area contributed by atoms with Crippen LogP contribution < -0.4 is 10.6 Å². The highest BCUT2D eigenvalue weighted by molar-refractivity contribution is 8.00. The summed E-state index contributed by atoms with van der Waals surface area (Å²) in [5, 5.41) is 5.22. The van der Waals surface area contributed by atoms with Gasteiger partial charge in [-0.15, -0.1) is 0 Å². The van der Waals surface area contributed by atoms with E-state index in [1.807, 2.05) is 29.8 Å². The molecular weight excluding hydrogens is 204 g/mol. The van der Waals surface area contributed by atoms with Crippen LogP contribution in [0.2, 0.25) is 0 Å². The fraction of sp³-hybridized carbons (Fsp3) is 0. The van der Waals surface area contributed by atoms with Crippen molar-refractivity contribution in [2.45, 2.75) is 0 Å². The van der Waals surface area contributed by atoms with Crippen molar-refractivity contribution in [2.24, 2.45) is 4.40 Å². The van der Waals surface area contributed by atoms with Crippen LogP contribution in [0, 0.1) is 0 Å². The number of benzene rings is 1. The maximum absolute atomic E-state index is 4.40. The first-order chi connectivity index (χ1) is 7.45. The quantitative estimate of drug-likeness (QED) is 0.622. The van der Waals surface area contributed by atoms with Gasteiger partial charge in [0.05, 0.1) is 10.9 Å². The molecule has 2 nitrogen and oxygen atoms in total. The van der Waals surface area contributed by atoms with E-state index in [1.165, 1.54) is 11.9 Å². The minimum atomic E-state index is 0.996. The molecule has 0 bridgehead atoms. The monoisotopic (exact) mass is 212 g/mol. The molecule has 0 atom stereocenters. The summed E-state index contributed by atoms with van der Waals surface area (Å²) in [7, 11) is 0. The van der Waals surface area contributed by atoms with Crippen molar-refractivity contribution < 1.29 is 0 Å². The number of aromatic nitrogens is 1. The maximum atomic E-state index is 4.40. The summed E-state index contributed by atoms with van der Waals surface area (Å²) in [6.07, 6.45) is 5.89. The van der Waals surface area contributed by atoms with E-state index in [4.69, 9.17) is 0 Å². The van der Waals surface area contributed by atoms with Gasteiger partial charge in [-0.25, -0.2) is 4.40 Å². The molecule has 3 rings (SSSR count). The van der Waals surface area contributed by atoms with Gasteiger partial charge in [0.15, 0.2) is 0 Å². The van der Waals surface area contributed by atoms with Gasteiger partial charge in [0.1, 0.15) is 0 Å². The van der Waals surface area contributed by atoms with Gasteiger partial charge < -0.3 is 0 Å². The SMILES string of the molecule is C1=CSN=c2ccc3cccnc3c2=C1. The van der Waals surface area contributed by atoms with Crippen molar-refractivity contribution in [3.63, 3.8) is 0 Å². The Bertz CT molecular complexity index is 659. The van der Waals surface area contributed by atoms with E-state index >= 15 is 0 Å². The Hall–Kier alpha value is -1.61. The first-order valence-electron chi connectivity index (χ1n) is 4.70. The summed E-state index contributed by atoms with van der Waals surface area (Å²) in [6, 6.07) is 8.12. The van der Waals surface area contributed by atoms with E-state index in [0.29, 0.717) is 0 Å². The number of pyridine rings is 1. The van der Waals surface area contributed by atoms with Crippen molar-refractivity contribution in [1.29, 1.82) is 0 Å². The highest BCUT2D eigenvalue weighted by atomic mass is 32.2. The molecule has 0 spiro atoms. The number of nitrogens with zero attached hydrogens (tertiary/aromatic N) is 2. The molecule has 15 heavy (non-hydrogen) atoms. The lowest BCUT2D eigenvalue weighted by molar-refractivity contribution is 1.35. The molecule has 0 fully saturated rings. The zero-order chi connectivity index (χ0) is 10.1. The lowest BCUT2D eigenvalue weighted by Crippen LogP contribution is -2.25. The zero-order valence-corrected chi connectivity index (χ0v) is 8.74. The van der Waals surface area contributed by atoms with Crippen molar-refractivity contribution in [3.8, 4) is 0 Å². The van der Waals surface area contributed by atoms with Crippen molar-refractivity contribution >= 4 is 28.9 Å². The van der Waals surface area contributed by atoms with E-state index in [0.717, 1.165) is 21.5 Å². The van der Waals surface area contributed by atoms with Gasteiger partial charge >= 0.3 is 0 Å². The summed E-state index contributed by atoms with van der Waals surface area (Å²) in [5.41, 5.74) is 1.02. The third-order valence-corrected chi connectivity index (χ3v) is 2.93. The van der Waals surface area contributed by atoms with E-state index in [-0.39, 0.29) is 0 Å². The first-order valence-corrected chi connectivity index (χ1v) is 5.53. The van der Waals surface area contributed by atoms with E-state index < -0.39 is 0 Å². The average molecular weight is 212 g/mol. The van der Waals surface area contributed by atoms with Gasteiger partial charge in [0, 0.05) is 28.7 Å². The number of hydrogen-bond acceptors (Lipinski definition) is 3. The second kappa shape index (κ2) is 3.51. The third-order valence-electron chi connectivity index (χ3n) is 2.34. The van der Waals surface area contributed by atoms with Gasteiger partial charge in [-0.1, -0.05) is 24.3 Å². The highest BCUT2D eigenvalue weighted by Gasteiger charge is 1.98. The lowest BCUT2D eigenvalue weighted by atomic mass is 10.1. The molecule has 0 saturated heterocycles. The number of hydrogen-bond donors (Lipinski definition) is 0. The fourth-order valence-corrected chi connectivity index (χ4v) is 2.14. The molecule has 2 aromatic rings. The smallest absolute Gasteiger partial charge is 0.0811 e. The van der Waals surface area contributed by atoms with Crippen LogP contribution in [-0.2, 0) is 0 Å². The standard InChI is InChI=1S/C12H8N2S/c1-3-9-5-6-11-10(12(9)13-7-1)4-2-8-15-14-11/h1-8H. The van der Waals surface area contributed by atoms with E-state index in [9.17, 15) is 0 Å². The second-order valence-corrected chi connectivity index (χ2v) is 3.93. The molecule has 0 saturated carbocycles. The largest absolute Gasteiger partial charge is 0.256 e. The van der Waals surface area contributed by atoms with E-state index in [2.05, 4.69) is 27.6 Å². The van der Waals surface area contributed by atoms with Crippen LogP contribution >= 0.6 is 11.9 Å². The molecule has 3 heteroatoms. The summed E-state index contributed by atoms with van der Waals surface area (Å²) in [5.74, 6) is 0. The normalized spacial score (nSPS) is 13.9. The predicted molar refractivity (Wildman–Crippen MR) is 63.7 cm³/mol. The lowest BCUT2D eigenvalue weighted by Gasteiger charge is -1.96. The van der Waals surface area contributed by atoms with Gasteiger partial charge in [0.25, 0.3) is 0 Å². The molecule has 1 aromatic carbocycles. The maximum Gasteiger partial charge on any atom is 0.0811 e. The Kier molecular flexibility index (Phi) is 2.03. The molecule has 1 aliphatic rings. The Morgan fingerprint density at radius 1 is 1.13 bits per heavy atom. The Labute approximate surface area is 91.2 Å². The second-order valence-electron chi connectivity index (χ2n) is 3.27. The van der Waals surface area contributed by atoms with Gasteiger partial charge in [-0.05, 0) is 17.5 Å². The number of rotatable bonds is 0. The van der Waals surface area contributed by atoms with Crippen LogP contribution in [0.5, 0.6) is 0 Å². The Balaban J connectivity index is 2.58. The minimum absolute atomic E-state index is 0.996. The van der Waals surface area contributed by atoms with E-state index in [1.54, 1.807) is 0 Å². The van der Waals surface area contributed by atoms with Crippen molar-refractivity contribution in [3.05, 3.63) is 52.5 Å². The topological polar surface area (TPSA) is 25.2 Å². The summed E-state index contributed by atoms with van der Waals surface area (Å²) in [6.45, 7) is 0. The van der Waals surface area contributed by atoms with Gasteiger partial charge in [-0.2, -0.15) is 0 Å². The van der Waals surface area contributed by atoms with Crippen LogP contribution in [0.3, 0.4) is 0 Å². The first kappa shape index (κ1) is 8.68. The Morgan fingerprint density at radius 3 is 3.13 bits per heavy atom. The molecule has 1 aliphatic heterocycles.